The molecule has 9 heteroatoms. The first-order valence-electron chi connectivity index (χ1n) is 12.1. The average molecular weight is 495 g/mol. The van der Waals surface area contributed by atoms with Gasteiger partial charge in [-0.3, -0.25) is 4.79 Å². The van der Waals surface area contributed by atoms with Gasteiger partial charge in [-0.25, -0.2) is 13.1 Å². The molecule has 0 saturated carbocycles. The van der Waals surface area contributed by atoms with Gasteiger partial charge in [-0.15, -0.1) is 0 Å². The highest BCUT2D eigenvalue weighted by Gasteiger charge is 2.29. The van der Waals surface area contributed by atoms with Gasteiger partial charge >= 0.3 is 0 Å². The van der Waals surface area contributed by atoms with Crippen molar-refractivity contribution in [2.24, 2.45) is 0 Å². The highest BCUT2D eigenvalue weighted by molar-refractivity contribution is 7.89. The van der Waals surface area contributed by atoms with Crippen molar-refractivity contribution in [3.63, 3.8) is 0 Å². The molecule has 1 amide bonds. The molecule has 2 heterocycles. The second-order valence-corrected chi connectivity index (χ2v) is 10.9. The maximum absolute atomic E-state index is 13.5. The zero-order valence-corrected chi connectivity index (χ0v) is 20.7. The van der Waals surface area contributed by atoms with Crippen LogP contribution in [0.15, 0.2) is 53.4 Å². The van der Waals surface area contributed by atoms with E-state index in [9.17, 15) is 13.2 Å². The highest BCUT2D eigenvalue weighted by Crippen LogP contribution is 2.32. The number of aryl methyl sites for hydroxylation is 1. The molecule has 1 fully saturated rings. The molecule has 0 radical (unpaired) electrons. The van der Waals surface area contributed by atoms with E-state index in [1.807, 2.05) is 30.3 Å². The standard InChI is InChI=1S/C26H30N4O4S/c1-34-24-15-14-20(35(32,33)29-16-7-2-3-8-17-29)18-22(24)26(31)27-25-21-12-9-13-23(21)28-30(25)19-10-5-4-6-11-19/h4-6,10-11,14-15,18H,2-3,7-9,12-13,16-17H2,1H3,(H,27,31). The monoisotopic (exact) mass is 494 g/mol. The number of hydrogen-bond acceptors (Lipinski definition) is 5. The quantitative estimate of drug-likeness (QED) is 0.555. The van der Waals surface area contributed by atoms with Crippen molar-refractivity contribution in [3.8, 4) is 11.4 Å². The molecule has 35 heavy (non-hydrogen) atoms. The van der Waals surface area contributed by atoms with E-state index >= 15 is 0 Å². The Bertz CT molecular complexity index is 1330. The van der Waals surface area contributed by atoms with Crippen LogP contribution in [0, 0.1) is 0 Å². The number of amides is 1. The predicted molar refractivity (Wildman–Crippen MR) is 134 cm³/mol. The second kappa shape index (κ2) is 9.83. The molecular weight excluding hydrogens is 464 g/mol. The molecule has 0 atom stereocenters. The van der Waals surface area contributed by atoms with Crippen LogP contribution in [-0.4, -0.2) is 48.6 Å². The summed E-state index contributed by atoms with van der Waals surface area (Å²) < 4.78 is 35.4. The van der Waals surface area contributed by atoms with Crippen molar-refractivity contribution in [1.82, 2.24) is 14.1 Å². The maximum Gasteiger partial charge on any atom is 0.260 e. The number of carbonyl (C=O) groups excluding carboxylic acids is 1. The molecule has 0 spiro atoms. The first kappa shape index (κ1) is 23.6. The van der Waals surface area contributed by atoms with Crippen LogP contribution in [0.1, 0.15) is 53.7 Å². The Morgan fingerprint density at radius 2 is 1.71 bits per heavy atom. The van der Waals surface area contributed by atoms with Crippen LogP contribution in [0.25, 0.3) is 5.69 Å². The van der Waals surface area contributed by atoms with Crippen molar-refractivity contribution in [1.29, 1.82) is 0 Å². The molecule has 2 aliphatic rings. The lowest BCUT2D eigenvalue weighted by molar-refractivity contribution is 0.102. The van der Waals surface area contributed by atoms with E-state index in [0.717, 1.165) is 61.9 Å². The molecule has 184 valence electrons. The third-order valence-corrected chi connectivity index (χ3v) is 8.65. The number of hydrogen-bond donors (Lipinski definition) is 1. The van der Waals surface area contributed by atoms with Crippen LogP contribution in [0.2, 0.25) is 0 Å². The number of sulfonamides is 1. The number of nitrogens with zero attached hydrogens (tertiary/aromatic N) is 3. The number of para-hydroxylation sites is 1. The Labute approximate surface area is 206 Å². The first-order chi connectivity index (χ1) is 17.0. The maximum atomic E-state index is 13.5. The Hall–Kier alpha value is -3.17. The molecule has 5 rings (SSSR count). The fourth-order valence-electron chi connectivity index (χ4n) is 4.91. The van der Waals surface area contributed by atoms with Gasteiger partial charge in [-0.1, -0.05) is 31.0 Å². The van der Waals surface area contributed by atoms with Crippen molar-refractivity contribution < 1.29 is 17.9 Å². The summed E-state index contributed by atoms with van der Waals surface area (Å²) in [6.45, 7) is 0.997. The first-order valence-corrected chi connectivity index (χ1v) is 13.6. The van der Waals surface area contributed by atoms with E-state index in [-0.39, 0.29) is 10.5 Å². The lowest BCUT2D eigenvalue weighted by Crippen LogP contribution is -2.32. The molecule has 0 bridgehead atoms. The molecule has 1 aliphatic carbocycles. The topological polar surface area (TPSA) is 93.5 Å². The van der Waals surface area contributed by atoms with Crippen LogP contribution in [-0.2, 0) is 22.9 Å². The summed E-state index contributed by atoms with van der Waals surface area (Å²) in [7, 11) is -2.24. The number of anilines is 1. The summed E-state index contributed by atoms with van der Waals surface area (Å²) >= 11 is 0. The van der Waals surface area contributed by atoms with Gasteiger partial charge in [-0.2, -0.15) is 9.40 Å². The number of rotatable bonds is 6. The van der Waals surface area contributed by atoms with E-state index in [4.69, 9.17) is 9.84 Å². The van der Waals surface area contributed by atoms with Crippen LogP contribution in [0.5, 0.6) is 5.75 Å². The van der Waals surface area contributed by atoms with Gasteiger partial charge < -0.3 is 10.1 Å². The van der Waals surface area contributed by atoms with Crippen molar-refractivity contribution >= 4 is 21.7 Å². The van der Waals surface area contributed by atoms with E-state index in [1.54, 1.807) is 10.7 Å². The van der Waals surface area contributed by atoms with Crippen LogP contribution < -0.4 is 10.1 Å². The second-order valence-electron chi connectivity index (χ2n) is 9.01. The molecule has 2 aromatic carbocycles. The van der Waals surface area contributed by atoms with Crippen LogP contribution >= 0.6 is 0 Å². The predicted octanol–water partition coefficient (Wildman–Crippen LogP) is 4.19. The van der Waals surface area contributed by atoms with Crippen LogP contribution in [0.4, 0.5) is 5.82 Å². The summed E-state index contributed by atoms with van der Waals surface area (Å²) in [6.07, 6.45) is 6.43. The zero-order chi connectivity index (χ0) is 24.4. The van der Waals surface area contributed by atoms with E-state index < -0.39 is 15.9 Å². The lowest BCUT2D eigenvalue weighted by atomic mass is 10.1. The highest BCUT2D eigenvalue weighted by atomic mass is 32.2. The van der Waals surface area contributed by atoms with E-state index in [2.05, 4.69) is 5.32 Å². The van der Waals surface area contributed by atoms with Gasteiger partial charge in [0.25, 0.3) is 5.91 Å². The minimum atomic E-state index is -3.71. The number of nitrogens with one attached hydrogen (secondary N) is 1. The SMILES string of the molecule is COc1ccc(S(=O)(=O)N2CCCCCC2)cc1C(=O)Nc1c2c(nn1-c1ccccc1)CCC2. The molecular formula is C26H30N4O4S. The number of methoxy groups -OCH3 is 1. The van der Waals surface area contributed by atoms with Gasteiger partial charge in [0.1, 0.15) is 11.6 Å². The third kappa shape index (κ3) is 4.58. The molecule has 1 N–H and O–H groups in total. The van der Waals surface area contributed by atoms with Crippen molar-refractivity contribution in [2.75, 3.05) is 25.5 Å². The van der Waals surface area contributed by atoms with Gasteiger partial charge in [0.15, 0.2) is 0 Å². The summed E-state index contributed by atoms with van der Waals surface area (Å²) in [5.74, 6) is 0.512. The minimum Gasteiger partial charge on any atom is -0.496 e. The molecule has 8 nitrogen and oxygen atoms in total. The molecule has 0 unspecified atom stereocenters. The number of carbonyl (C=O) groups is 1. The average Bonchev–Trinajstić information content (AvgIpc) is 3.35. The van der Waals surface area contributed by atoms with Gasteiger partial charge in [0.2, 0.25) is 10.0 Å². The van der Waals surface area contributed by atoms with Gasteiger partial charge in [0.05, 0.1) is 29.0 Å². The summed E-state index contributed by atoms with van der Waals surface area (Å²) in [5.41, 5.74) is 3.03. The Morgan fingerprint density at radius 3 is 2.43 bits per heavy atom. The summed E-state index contributed by atoms with van der Waals surface area (Å²) in [6, 6.07) is 14.2. The van der Waals surface area contributed by atoms with Crippen molar-refractivity contribution in [2.45, 2.75) is 49.8 Å². The zero-order valence-electron chi connectivity index (χ0n) is 19.9. The fourth-order valence-corrected chi connectivity index (χ4v) is 6.45. The van der Waals surface area contributed by atoms with Gasteiger partial charge in [0, 0.05) is 18.7 Å². The fraction of sp³-hybridized carbons (Fsp3) is 0.385. The van der Waals surface area contributed by atoms with Gasteiger partial charge in [-0.05, 0) is 62.4 Å². The number of aromatic nitrogens is 2. The number of benzene rings is 2. The largest absolute Gasteiger partial charge is 0.496 e. The Kier molecular flexibility index (Phi) is 6.62. The normalized spacial score (nSPS) is 16.5. The van der Waals surface area contributed by atoms with Crippen molar-refractivity contribution in [3.05, 3.63) is 65.4 Å². The number of ether oxygens (including phenoxy) is 1. The lowest BCUT2D eigenvalue weighted by Gasteiger charge is -2.21. The van der Waals surface area contributed by atoms with E-state index in [0.29, 0.717) is 24.7 Å². The molecule has 1 aromatic heterocycles. The molecule has 1 saturated heterocycles. The summed E-state index contributed by atoms with van der Waals surface area (Å²) in [5, 5.41) is 7.77. The number of fused-ring (bicyclic) bond motifs is 1. The molecule has 1 aliphatic heterocycles. The smallest absolute Gasteiger partial charge is 0.260 e. The Morgan fingerprint density at radius 1 is 0.971 bits per heavy atom. The molecule has 3 aromatic rings. The summed E-state index contributed by atoms with van der Waals surface area (Å²) in [4.78, 5) is 13.6. The van der Waals surface area contributed by atoms with Crippen LogP contribution in [0.3, 0.4) is 0 Å². The Balaban J connectivity index is 1.50. The minimum absolute atomic E-state index is 0.104. The van der Waals surface area contributed by atoms with E-state index in [1.165, 1.54) is 23.5 Å². The third-order valence-electron chi connectivity index (χ3n) is 6.76.